The fraction of sp³-hybridized carbons (Fsp3) is 0.481. The predicted molar refractivity (Wildman–Crippen MR) is 137 cm³/mol. The minimum absolute atomic E-state index is 0.0202. The summed E-state index contributed by atoms with van der Waals surface area (Å²) in [6.45, 7) is 7.99. The van der Waals surface area contributed by atoms with Crippen LogP contribution in [0.4, 0.5) is 0 Å². The molecule has 0 aromatic heterocycles. The molecule has 0 N–H and O–H groups in total. The molecule has 36 heavy (non-hydrogen) atoms. The molecule has 0 spiro atoms. The fourth-order valence-electron chi connectivity index (χ4n) is 4.81. The molecule has 2 aromatic rings. The van der Waals surface area contributed by atoms with E-state index >= 15 is 0 Å². The lowest BCUT2D eigenvalue weighted by Gasteiger charge is -2.34. The standard InChI is InChI=1S/C27H35N3O5S/c1-3-35-27(32)23-11-13-29(14-12-23)26(31)24-6-4-5-22(19-24)20-28-15-17-30(18-16-28)36(33,34)25-9-7-21(2)8-10-25/h4-10,19,23H,3,11-18,20H2,1-2H3. The van der Waals surface area contributed by atoms with Crippen molar-refractivity contribution in [1.29, 1.82) is 0 Å². The molecule has 2 saturated heterocycles. The molecule has 1 amide bonds. The topological polar surface area (TPSA) is 87.2 Å². The molecule has 2 heterocycles. The first-order valence-electron chi connectivity index (χ1n) is 12.6. The van der Waals surface area contributed by atoms with Crippen LogP contribution in [0, 0.1) is 12.8 Å². The minimum atomic E-state index is -3.49. The summed E-state index contributed by atoms with van der Waals surface area (Å²) in [5, 5.41) is 0. The maximum absolute atomic E-state index is 13.1. The van der Waals surface area contributed by atoms with E-state index in [9.17, 15) is 18.0 Å². The number of carbonyl (C=O) groups excluding carboxylic acids is 2. The van der Waals surface area contributed by atoms with E-state index in [0.717, 1.165) is 11.1 Å². The lowest BCUT2D eigenvalue weighted by atomic mass is 9.96. The second-order valence-electron chi connectivity index (χ2n) is 9.51. The highest BCUT2D eigenvalue weighted by Crippen LogP contribution is 2.22. The number of piperazine rings is 1. The molecular weight excluding hydrogens is 478 g/mol. The molecule has 2 aliphatic heterocycles. The fourth-order valence-corrected chi connectivity index (χ4v) is 6.23. The van der Waals surface area contributed by atoms with Crippen molar-refractivity contribution in [2.75, 3.05) is 45.9 Å². The van der Waals surface area contributed by atoms with Crippen molar-refractivity contribution >= 4 is 21.9 Å². The third kappa shape index (κ3) is 6.14. The summed E-state index contributed by atoms with van der Waals surface area (Å²) < 4.78 is 32.6. The number of amides is 1. The van der Waals surface area contributed by atoms with Gasteiger partial charge >= 0.3 is 5.97 Å². The van der Waals surface area contributed by atoms with Crippen molar-refractivity contribution in [2.24, 2.45) is 5.92 Å². The van der Waals surface area contributed by atoms with Crippen molar-refractivity contribution in [3.8, 4) is 0 Å². The number of nitrogens with zero attached hydrogens (tertiary/aromatic N) is 3. The number of hydrogen-bond donors (Lipinski definition) is 0. The first-order chi connectivity index (χ1) is 17.3. The van der Waals surface area contributed by atoms with Gasteiger partial charge in [-0.15, -0.1) is 0 Å². The van der Waals surface area contributed by atoms with Crippen molar-refractivity contribution < 1.29 is 22.7 Å². The maximum Gasteiger partial charge on any atom is 0.309 e. The van der Waals surface area contributed by atoms with Crippen LogP contribution in [-0.4, -0.2) is 80.3 Å². The molecule has 0 radical (unpaired) electrons. The van der Waals surface area contributed by atoms with Gasteiger partial charge in [0.2, 0.25) is 10.0 Å². The Morgan fingerprint density at radius 3 is 2.25 bits per heavy atom. The Bertz CT molecular complexity index is 1170. The smallest absolute Gasteiger partial charge is 0.309 e. The van der Waals surface area contributed by atoms with Gasteiger partial charge in [0.25, 0.3) is 5.91 Å². The van der Waals surface area contributed by atoms with Gasteiger partial charge in [0.1, 0.15) is 0 Å². The minimum Gasteiger partial charge on any atom is -0.466 e. The quantitative estimate of drug-likeness (QED) is 0.529. The Kier molecular flexibility index (Phi) is 8.43. The molecule has 2 aromatic carbocycles. The number of rotatable bonds is 7. The number of hydrogen-bond acceptors (Lipinski definition) is 6. The van der Waals surface area contributed by atoms with Crippen LogP contribution in [0.2, 0.25) is 0 Å². The number of ether oxygens (including phenoxy) is 1. The Balaban J connectivity index is 1.31. The molecule has 8 nitrogen and oxygen atoms in total. The van der Waals surface area contributed by atoms with E-state index in [1.54, 1.807) is 23.4 Å². The maximum atomic E-state index is 13.1. The van der Waals surface area contributed by atoms with E-state index in [1.807, 2.05) is 48.2 Å². The second kappa shape index (κ2) is 11.5. The van der Waals surface area contributed by atoms with E-state index in [0.29, 0.717) is 75.7 Å². The predicted octanol–water partition coefficient (Wildman–Crippen LogP) is 2.92. The number of esters is 1. The molecule has 0 unspecified atom stereocenters. The van der Waals surface area contributed by atoms with Gasteiger partial charge in [-0.25, -0.2) is 8.42 Å². The number of benzene rings is 2. The van der Waals surface area contributed by atoms with Crippen LogP contribution in [0.5, 0.6) is 0 Å². The molecule has 194 valence electrons. The van der Waals surface area contributed by atoms with Gasteiger partial charge in [-0.2, -0.15) is 4.31 Å². The average Bonchev–Trinajstić information content (AvgIpc) is 2.89. The van der Waals surface area contributed by atoms with E-state index in [4.69, 9.17) is 4.74 Å². The van der Waals surface area contributed by atoms with Gasteiger partial charge in [0.05, 0.1) is 17.4 Å². The summed E-state index contributed by atoms with van der Waals surface area (Å²) in [7, 11) is -3.49. The van der Waals surface area contributed by atoms with Crippen LogP contribution >= 0.6 is 0 Å². The largest absolute Gasteiger partial charge is 0.466 e. The molecular formula is C27H35N3O5S. The van der Waals surface area contributed by atoms with Crippen LogP contribution < -0.4 is 0 Å². The Labute approximate surface area is 213 Å². The Morgan fingerprint density at radius 1 is 0.944 bits per heavy atom. The molecule has 0 saturated carbocycles. The van der Waals surface area contributed by atoms with Gasteiger partial charge in [-0.3, -0.25) is 14.5 Å². The van der Waals surface area contributed by atoms with E-state index in [2.05, 4.69) is 4.90 Å². The average molecular weight is 514 g/mol. The molecule has 2 fully saturated rings. The van der Waals surface area contributed by atoms with Crippen molar-refractivity contribution in [3.63, 3.8) is 0 Å². The number of carbonyl (C=O) groups is 2. The van der Waals surface area contributed by atoms with Crippen molar-refractivity contribution in [2.45, 2.75) is 38.1 Å². The van der Waals surface area contributed by atoms with Crippen LogP contribution in [0.1, 0.15) is 41.3 Å². The molecule has 0 atom stereocenters. The highest BCUT2D eigenvalue weighted by atomic mass is 32.2. The van der Waals surface area contributed by atoms with Crippen molar-refractivity contribution in [3.05, 3.63) is 65.2 Å². The normalized spacial score (nSPS) is 18.2. The van der Waals surface area contributed by atoms with Gasteiger partial charge in [0.15, 0.2) is 0 Å². The SMILES string of the molecule is CCOC(=O)C1CCN(C(=O)c2cccc(CN3CCN(S(=O)(=O)c4ccc(C)cc4)CC3)c2)CC1. The highest BCUT2D eigenvalue weighted by molar-refractivity contribution is 7.89. The summed E-state index contributed by atoms with van der Waals surface area (Å²) in [5.41, 5.74) is 2.69. The third-order valence-corrected chi connectivity index (χ3v) is 8.89. The molecule has 9 heteroatoms. The molecule has 4 rings (SSSR count). The first kappa shape index (κ1) is 26.3. The summed E-state index contributed by atoms with van der Waals surface area (Å²) >= 11 is 0. The number of piperidine rings is 1. The molecule has 0 aliphatic carbocycles. The molecule has 2 aliphatic rings. The van der Waals surface area contributed by atoms with Crippen LogP contribution in [0.25, 0.3) is 0 Å². The molecule has 0 bridgehead atoms. The van der Waals surface area contributed by atoms with E-state index in [1.165, 1.54) is 0 Å². The van der Waals surface area contributed by atoms with E-state index < -0.39 is 10.0 Å². The number of sulfonamides is 1. The zero-order valence-corrected chi connectivity index (χ0v) is 21.9. The summed E-state index contributed by atoms with van der Waals surface area (Å²) in [5.74, 6) is -0.319. The second-order valence-corrected chi connectivity index (χ2v) is 11.5. The van der Waals surface area contributed by atoms with Crippen LogP contribution in [0.3, 0.4) is 0 Å². The monoisotopic (exact) mass is 513 g/mol. The zero-order chi connectivity index (χ0) is 25.7. The van der Waals surface area contributed by atoms with E-state index in [-0.39, 0.29) is 17.8 Å². The van der Waals surface area contributed by atoms with Crippen molar-refractivity contribution in [1.82, 2.24) is 14.1 Å². The summed E-state index contributed by atoms with van der Waals surface area (Å²) in [4.78, 5) is 29.4. The Morgan fingerprint density at radius 2 is 1.61 bits per heavy atom. The van der Waals surface area contributed by atoms with Gasteiger partial charge in [-0.05, 0) is 56.5 Å². The number of likely N-dealkylation sites (tertiary alicyclic amines) is 1. The summed E-state index contributed by atoms with van der Waals surface area (Å²) in [6, 6.07) is 14.6. The lowest BCUT2D eigenvalue weighted by Crippen LogP contribution is -2.48. The first-order valence-corrected chi connectivity index (χ1v) is 14.1. The summed E-state index contributed by atoms with van der Waals surface area (Å²) in [6.07, 6.45) is 1.25. The van der Waals surface area contributed by atoms with Crippen LogP contribution in [0.15, 0.2) is 53.4 Å². The van der Waals surface area contributed by atoms with Gasteiger partial charge in [-0.1, -0.05) is 29.8 Å². The highest BCUT2D eigenvalue weighted by Gasteiger charge is 2.30. The Hall–Kier alpha value is -2.75. The van der Waals surface area contributed by atoms with Crippen LogP contribution in [-0.2, 0) is 26.1 Å². The lowest BCUT2D eigenvalue weighted by molar-refractivity contribution is -0.149. The van der Waals surface area contributed by atoms with Gasteiger partial charge in [0, 0.05) is 51.4 Å². The third-order valence-electron chi connectivity index (χ3n) is 6.97. The zero-order valence-electron chi connectivity index (χ0n) is 21.1. The van der Waals surface area contributed by atoms with Gasteiger partial charge < -0.3 is 9.64 Å². The number of aryl methyl sites for hydroxylation is 1.